The fourth-order valence-corrected chi connectivity index (χ4v) is 2.56. The van der Waals surface area contributed by atoms with Crippen LogP contribution < -0.4 is 0 Å². The topological polar surface area (TPSA) is 38.1 Å². The van der Waals surface area contributed by atoms with Crippen LogP contribution in [0.15, 0.2) is 48.5 Å². The van der Waals surface area contributed by atoms with Crippen LogP contribution in [0.5, 0.6) is 0 Å². The van der Waals surface area contributed by atoms with Crippen molar-refractivity contribution >= 4 is 16.9 Å². The summed E-state index contributed by atoms with van der Waals surface area (Å²) in [6.07, 6.45) is 0. The number of aromatic nitrogens is 2. The number of carbonyl (C=O) groups excluding carboxylic acids is 1. The highest BCUT2D eigenvalue weighted by atomic mass is 19.1. The van der Waals surface area contributed by atoms with Crippen LogP contribution in [0, 0.1) is 5.82 Å². The van der Waals surface area contributed by atoms with E-state index in [0.717, 1.165) is 22.4 Å². The zero-order valence-electron chi connectivity index (χ0n) is 13.2. The average Bonchev–Trinajstić information content (AvgIpc) is 2.85. The van der Waals surface area contributed by atoms with E-state index in [9.17, 15) is 9.18 Å². The largest absolute Gasteiger partial charge is 0.339 e. The van der Waals surface area contributed by atoms with E-state index in [-0.39, 0.29) is 11.7 Å². The van der Waals surface area contributed by atoms with Crippen molar-refractivity contribution in [1.29, 1.82) is 0 Å². The summed E-state index contributed by atoms with van der Waals surface area (Å²) in [4.78, 5) is 17.8. The fraction of sp³-hybridized carbons (Fsp3) is 0.222. The number of carbonyl (C=O) groups is 1. The van der Waals surface area contributed by atoms with Crippen molar-refractivity contribution in [2.45, 2.75) is 20.0 Å². The van der Waals surface area contributed by atoms with E-state index >= 15 is 0 Å². The van der Waals surface area contributed by atoms with Gasteiger partial charge in [-0.15, -0.1) is 0 Å². The van der Waals surface area contributed by atoms with Gasteiger partial charge in [0.15, 0.2) is 0 Å². The molecule has 0 unspecified atom stereocenters. The molecule has 0 aliphatic rings. The van der Waals surface area contributed by atoms with Gasteiger partial charge in [0.1, 0.15) is 11.6 Å². The summed E-state index contributed by atoms with van der Waals surface area (Å²) in [7, 11) is 1.74. The van der Waals surface area contributed by atoms with E-state index in [1.54, 1.807) is 18.0 Å². The molecule has 0 aliphatic carbocycles. The molecule has 0 aliphatic heterocycles. The second-order valence-corrected chi connectivity index (χ2v) is 5.61. The number of halogens is 1. The van der Waals surface area contributed by atoms with Crippen LogP contribution >= 0.6 is 0 Å². The Morgan fingerprint density at radius 3 is 2.74 bits per heavy atom. The monoisotopic (exact) mass is 311 g/mol. The van der Waals surface area contributed by atoms with Crippen LogP contribution in [0.1, 0.15) is 18.3 Å². The van der Waals surface area contributed by atoms with Gasteiger partial charge in [0, 0.05) is 20.5 Å². The van der Waals surface area contributed by atoms with Crippen LogP contribution in [0.25, 0.3) is 11.0 Å². The van der Waals surface area contributed by atoms with Gasteiger partial charge in [0.25, 0.3) is 0 Å². The average molecular weight is 311 g/mol. The maximum absolute atomic E-state index is 13.4. The standard InChI is InChI=1S/C18H18FN3O/c1-13(23)21(2)12-18-20-16-8-3-4-9-17(16)22(18)11-14-6-5-7-15(19)10-14/h3-10H,11-12H2,1-2H3. The van der Waals surface area contributed by atoms with Gasteiger partial charge in [-0.2, -0.15) is 0 Å². The molecule has 0 saturated carbocycles. The summed E-state index contributed by atoms with van der Waals surface area (Å²) in [5.41, 5.74) is 2.71. The quantitative estimate of drug-likeness (QED) is 0.742. The number of benzene rings is 2. The number of nitrogens with zero attached hydrogens (tertiary/aromatic N) is 3. The first-order chi connectivity index (χ1) is 11.0. The van der Waals surface area contributed by atoms with Crippen molar-refractivity contribution in [3.63, 3.8) is 0 Å². The van der Waals surface area contributed by atoms with E-state index in [1.807, 2.05) is 34.9 Å². The Labute approximate surface area is 134 Å². The number of amides is 1. The first-order valence-corrected chi connectivity index (χ1v) is 7.45. The minimum absolute atomic E-state index is 0.0191. The maximum atomic E-state index is 13.4. The summed E-state index contributed by atoms with van der Waals surface area (Å²) < 4.78 is 15.5. The van der Waals surface area contributed by atoms with E-state index in [0.29, 0.717) is 13.1 Å². The van der Waals surface area contributed by atoms with E-state index in [4.69, 9.17) is 0 Å². The van der Waals surface area contributed by atoms with Crippen molar-refractivity contribution < 1.29 is 9.18 Å². The molecule has 5 heteroatoms. The van der Waals surface area contributed by atoms with Gasteiger partial charge in [-0.05, 0) is 29.8 Å². The third-order valence-electron chi connectivity index (χ3n) is 3.88. The highest BCUT2D eigenvalue weighted by Gasteiger charge is 2.14. The fourth-order valence-electron chi connectivity index (χ4n) is 2.56. The Balaban J connectivity index is 2.03. The van der Waals surface area contributed by atoms with Crippen LogP contribution in [0.4, 0.5) is 4.39 Å². The van der Waals surface area contributed by atoms with Crippen LogP contribution in [-0.4, -0.2) is 27.4 Å². The summed E-state index contributed by atoms with van der Waals surface area (Å²) in [5.74, 6) is 0.511. The molecule has 0 atom stereocenters. The van der Waals surface area contributed by atoms with Gasteiger partial charge in [0.2, 0.25) is 5.91 Å². The minimum Gasteiger partial charge on any atom is -0.339 e. The first-order valence-electron chi connectivity index (χ1n) is 7.45. The Morgan fingerprint density at radius 2 is 2.00 bits per heavy atom. The van der Waals surface area contributed by atoms with Crippen LogP contribution in [0.2, 0.25) is 0 Å². The molecule has 1 amide bonds. The second kappa shape index (κ2) is 6.20. The molecule has 0 N–H and O–H groups in total. The number of imidazole rings is 1. The zero-order valence-corrected chi connectivity index (χ0v) is 13.2. The molecule has 0 saturated heterocycles. The second-order valence-electron chi connectivity index (χ2n) is 5.61. The Morgan fingerprint density at radius 1 is 1.22 bits per heavy atom. The molecule has 3 aromatic rings. The van der Waals surface area contributed by atoms with Crippen LogP contribution in [0.3, 0.4) is 0 Å². The molecule has 0 bridgehead atoms. The Kier molecular flexibility index (Phi) is 4.10. The number of hydrogen-bond donors (Lipinski definition) is 0. The smallest absolute Gasteiger partial charge is 0.219 e. The lowest BCUT2D eigenvalue weighted by atomic mass is 10.2. The highest BCUT2D eigenvalue weighted by molar-refractivity contribution is 5.76. The molecule has 1 heterocycles. The predicted octanol–water partition coefficient (Wildman–Crippen LogP) is 3.20. The number of hydrogen-bond acceptors (Lipinski definition) is 2. The number of rotatable bonds is 4. The molecule has 0 radical (unpaired) electrons. The van der Waals surface area contributed by atoms with Gasteiger partial charge in [-0.1, -0.05) is 24.3 Å². The summed E-state index contributed by atoms with van der Waals surface area (Å²) in [6, 6.07) is 14.3. The maximum Gasteiger partial charge on any atom is 0.219 e. The molecular formula is C18H18FN3O. The summed E-state index contributed by atoms with van der Waals surface area (Å²) in [6.45, 7) is 2.46. The lowest BCUT2D eigenvalue weighted by molar-refractivity contribution is -0.128. The molecule has 3 rings (SSSR count). The van der Waals surface area contributed by atoms with Crippen molar-refractivity contribution in [1.82, 2.24) is 14.5 Å². The third kappa shape index (κ3) is 3.23. The van der Waals surface area contributed by atoms with Gasteiger partial charge < -0.3 is 9.47 Å². The summed E-state index contributed by atoms with van der Waals surface area (Å²) >= 11 is 0. The lowest BCUT2D eigenvalue weighted by Gasteiger charge is -2.16. The molecule has 2 aromatic carbocycles. The van der Waals surface area contributed by atoms with Gasteiger partial charge in [0.05, 0.1) is 17.6 Å². The zero-order chi connectivity index (χ0) is 16.4. The lowest BCUT2D eigenvalue weighted by Crippen LogP contribution is -2.25. The molecular weight excluding hydrogens is 293 g/mol. The normalized spacial score (nSPS) is 10.9. The SMILES string of the molecule is CC(=O)N(C)Cc1nc2ccccc2n1Cc1cccc(F)c1. The molecule has 118 valence electrons. The van der Waals surface area contributed by atoms with Crippen molar-refractivity contribution in [2.75, 3.05) is 7.05 Å². The van der Waals surface area contributed by atoms with E-state index in [1.165, 1.54) is 19.1 Å². The number of fused-ring (bicyclic) bond motifs is 1. The van der Waals surface area contributed by atoms with Gasteiger partial charge in [-0.3, -0.25) is 4.79 Å². The predicted molar refractivity (Wildman–Crippen MR) is 87.4 cm³/mol. The molecule has 1 aromatic heterocycles. The Hall–Kier alpha value is -2.69. The minimum atomic E-state index is -0.255. The molecule has 4 nitrogen and oxygen atoms in total. The molecule has 0 fully saturated rings. The Bertz CT molecular complexity index is 856. The van der Waals surface area contributed by atoms with Crippen molar-refractivity contribution in [3.8, 4) is 0 Å². The van der Waals surface area contributed by atoms with Crippen molar-refractivity contribution in [3.05, 3.63) is 65.7 Å². The molecule has 23 heavy (non-hydrogen) atoms. The highest BCUT2D eigenvalue weighted by Crippen LogP contribution is 2.19. The van der Waals surface area contributed by atoms with E-state index < -0.39 is 0 Å². The summed E-state index contributed by atoms with van der Waals surface area (Å²) in [5, 5.41) is 0. The van der Waals surface area contributed by atoms with Crippen LogP contribution in [-0.2, 0) is 17.9 Å². The van der Waals surface area contributed by atoms with Gasteiger partial charge in [-0.25, -0.2) is 9.37 Å². The van der Waals surface area contributed by atoms with E-state index in [2.05, 4.69) is 4.98 Å². The molecule has 0 spiro atoms. The van der Waals surface area contributed by atoms with Crippen molar-refractivity contribution in [2.24, 2.45) is 0 Å². The number of para-hydroxylation sites is 2. The van der Waals surface area contributed by atoms with Gasteiger partial charge >= 0.3 is 0 Å². The first kappa shape index (κ1) is 15.2. The third-order valence-corrected chi connectivity index (χ3v) is 3.88.